The maximum Gasteiger partial charge on any atom is 0.295 e. The molecule has 0 unspecified atom stereocenters. The minimum Gasteiger partial charge on any atom is -0.317 e. The molecule has 0 bridgehead atoms. The lowest BCUT2D eigenvalue weighted by Gasteiger charge is -2.04. The average Bonchev–Trinajstić information content (AvgIpc) is 2.82. The summed E-state index contributed by atoms with van der Waals surface area (Å²) in [5.41, 5.74) is -0.00431. The third-order valence-electron chi connectivity index (χ3n) is 2.25. The molecule has 0 saturated carbocycles. The zero-order chi connectivity index (χ0) is 13.1. The van der Waals surface area contributed by atoms with Gasteiger partial charge >= 0.3 is 0 Å². The number of amides is 1. The van der Waals surface area contributed by atoms with E-state index in [4.69, 9.17) is 11.6 Å². The summed E-state index contributed by atoms with van der Waals surface area (Å²) in [6.07, 6.45) is 0.631. The van der Waals surface area contributed by atoms with Crippen molar-refractivity contribution < 1.29 is 9.18 Å². The highest BCUT2D eigenvalue weighted by molar-refractivity contribution is 6.30. The van der Waals surface area contributed by atoms with Gasteiger partial charge in [-0.15, -0.1) is 5.10 Å². The number of aromatic nitrogens is 3. The fourth-order valence-corrected chi connectivity index (χ4v) is 1.50. The molecule has 2 N–H and O–H groups in total. The van der Waals surface area contributed by atoms with Gasteiger partial charge in [0.25, 0.3) is 5.91 Å². The number of halogens is 2. The number of benzene rings is 1. The molecular formula is C11H10ClFN4O. The average molecular weight is 269 g/mol. The number of aryl methyl sites for hydroxylation is 1. The molecule has 0 spiro atoms. The van der Waals surface area contributed by atoms with Gasteiger partial charge in [-0.05, 0) is 18.2 Å². The Balaban J connectivity index is 2.18. The van der Waals surface area contributed by atoms with Crippen LogP contribution in [0.2, 0.25) is 5.02 Å². The van der Waals surface area contributed by atoms with Gasteiger partial charge in [0.15, 0.2) is 0 Å². The van der Waals surface area contributed by atoms with Crippen molar-refractivity contribution >= 4 is 23.2 Å². The fourth-order valence-electron chi connectivity index (χ4n) is 1.33. The van der Waals surface area contributed by atoms with Crippen molar-refractivity contribution in [3.8, 4) is 0 Å². The van der Waals surface area contributed by atoms with Gasteiger partial charge in [0.2, 0.25) is 5.82 Å². The molecule has 2 rings (SSSR count). The van der Waals surface area contributed by atoms with Gasteiger partial charge in [-0.1, -0.05) is 18.5 Å². The third kappa shape index (κ3) is 2.65. The monoisotopic (exact) mass is 268 g/mol. The maximum atomic E-state index is 13.4. The number of anilines is 1. The van der Waals surface area contributed by atoms with Gasteiger partial charge < -0.3 is 5.32 Å². The van der Waals surface area contributed by atoms with Gasteiger partial charge in [0, 0.05) is 11.4 Å². The van der Waals surface area contributed by atoms with Crippen molar-refractivity contribution in [3.63, 3.8) is 0 Å². The Bertz CT molecular complexity index is 584. The molecule has 0 saturated heterocycles. The van der Waals surface area contributed by atoms with Crippen molar-refractivity contribution in [3.05, 3.63) is 40.7 Å². The Morgan fingerprint density at radius 3 is 3.00 bits per heavy atom. The summed E-state index contributed by atoms with van der Waals surface area (Å²) in [4.78, 5) is 15.7. The second kappa shape index (κ2) is 5.14. The van der Waals surface area contributed by atoms with Crippen LogP contribution in [0.3, 0.4) is 0 Å². The summed E-state index contributed by atoms with van der Waals surface area (Å²) < 4.78 is 13.4. The summed E-state index contributed by atoms with van der Waals surface area (Å²) in [5, 5.41) is 9.03. The number of carbonyl (C=O) groups is 1. The maximum absolute atomic E-state index is 13.4. The number of nitrogens with one attached hydrogen (secondary N) is 2. The van der Waals surface area contributed by atoms with E-state index in [2.05, 4.69) is 20.5 Å². The largest absolute Gasteiger partial charge is 0.317 e. The molecule has 7 heteroatoms. The number of hydrogen-bond donors (Lipinski definition) is 2. The Hall–Kier alpha value is -1.95. The minimum atomic E-state index is -0.591. The topological polar surface area (TPSA) is 70.7 Å². The van der Waals surface area contributed by atoms with Crippen molar-refractivity contribution in [1.29, 1.82) is 0 Å². The summed E-state index contributed by atoms with van der Waals surface area (Å²) in [7, 11) is 0. The van der Waals surface area contributed by atoms with E-state index in [1.165, 1.54) is 18.2 Å². The van der Waals surface area contributed by atoms with Gasteiger partial charge in [0.1, 0.15) is 11.6 Å². The Morgan fingerprint density at radius 2 is 2.33 bits per heavy atom. The minimum absolute atomic E-state index is 0.00431. The first-order valence-corrected chi connectivity index (χ1v) is 5.65. The second-order valence-electron chi connectivity index (χ2n) is 3.54. The molecular weight excluding hydrogens is 259 g/mol. The highest BCUT2D eigenvalue weighted by Gasteiger charge is 2.14. The number of nitrogens with zero attached hydrogens (tertiary/aromatic N) is 2. The van der Waals surface area contributed by atoms with E-state index in [0.29, 0.717) is 17.3 Å². The van der Waals surface area contributed by atoms with E-state index >= 15 is 0 Å². The van der Waals surface area contributed by atoms with Crippen molar-refractivity contribution in [2.24, 2.45) is 0 Å². The van der Waals surface area contributed by atoms with Crippen molar-refractivity contribution in [2.45, 2.75) is 13.3 Å². The van der Waals surface area contributed by atoms with Crippen molar-refractivity contribution in [2.75, 3.05) is 5.32 Å². The molecule has 0 aliphatic heterocycles. The zero-order valence-electron chi connectivity index (χ0n) is 9.50. The van der Waals surface area contributed by atoms with Crippen LogP contribution in [-0.4, -0.2) is 21.1 Å². The quantitative estimate of drug-likeness (QED) is 0.898. The van der Waals surface area contributed by atoms with Crippen LogP contribution in [-0.2, 0) is 6.42 Å². The van der Waals surface area contributed by atoms with Gasteiger partial charge in [0.05, 0.1) is 5.69 Å². The summed E-state index contributed by atoms with van der Waals surface area (Å²) in [6, 6.07) is 3.89. The first-order valence-electron chi connectivity index (χ1n) is 5.28. The lowest BCUT2D eigenvalue weighted by molar-refractivity contribution is 0.101. The van der Waals surface area contributed by atoms with E-state index in [-0.39, 0.29) is 11.5 Å². The number of H-pyrrole nitrogens is 1. The highest BCUT2D eigenvalue weighted by Crippen LogP contribution is 2.19. The first-order chi connectivity index (χ1) is 8.60. The predicted molar refractivity (Wildman–Crippen MR) is 65.1 cm³/mol. The molecule has 0 radical (unpaired) electrons. The number of hydrogen-bond acceptors (Lipinski definition) is 3. The highest BCUT2D eigenvalue weighted by atomic mass is 35.5. The van der Waals surface area contributed by atoms with Crippen LogP contribution < -0.4 is 5.32 Å². The molecule has 2 aromatic rings. The molecule has 0 aliphatic carbocycles. The van der Waals surface area contributed by atoms with E-state index in [0.717, 1.165) is 0 Å². The predicted octanol–water partition coefficient (Wildman–Crippen LogP) is 2.41. The molecule has 1 aromatic carbocycles. The molecule has 1 aromatic heterocycles. The third-order valence-corrected chi connectivity index (χ3v) is 2.48. The lowest BCUT2D eigenvalue weighted by atomic mass is 10.3. The number of carbonyl (C=O) groups excluding carboxylic acids is 1. The molecule has 5 nitrogen and oxygen atoms in total. The van der Waals surface area contributed by atoms with Gasteiger partial charge in [-0.3, -0.25) is 9.89 Å². The first kappa shape index (κ1) is 12.5. The normalized spacial score (nSPS) is 10.4. The van der Waals surface area contributed by atoms with E-state index in [1.54, 1.807) is 0 Å². The zero-order valence-corrected chi connectivity index (χ0v) is 10.3. The van der Waals surface area contributed by atoms with E-state index < -0.39 is 11.7 Å². The molecule has 0 atom stereocenters. The Labute approximate surface area is 107 Å². The summed E-state index contributed by atoms with van der Waals surface area (Å²) in [5.74, 6) is -0.607. The smallest absolute Gasteiger partial charge is 0.295 e. The number of aromatic amines is 1. The molecule has 18 heavy (non-hydrogen) atoms. The molecule has 94 valence electrons. The Morgan fingerprint density at radius 1 is 1.56 bits per heavy atom. The summed E-state index contributed by atoms with van der Waals surface area (Å²) >= 11 is 5.72. The second-order valence-corrected chi connectivity index (χ2v) is 3.97. The molecule has 0 aliphatic rings. The molecule has 1 heterocycles. The van der Waals surface area contributed by atoms with Crippen LogP contribution in [0.25, 0.3) is 0 Å². The Kier molecular flexibility index (Phi) is 3.57. The number of rotatable bonds is 3. The van der Waals surface area contributed by atoms with Crippen LogP contribution in [0.5, 0.6) is 0 Å². The van der Waals surface area contributed by atoms with Crippen LogP contribution >= 0.6 is 11.6 Å². The molecule has 0 fully saturated rings. The van der Waals surface area contributed by atoms with Crippen molar-refractivity contribution in [1.82, 2.24) is 15.2 Å². The summed E-state index contributed by atoms with van der Waals surface area (Å²) in [6.45, 7) is 1.87. The standard InChI is InChI=1S/C11H10ClFN4O/c1-2-9-15-10(17-16-9)11(18)14-8-5-6(12)3-4-7(8)13/h3-5H,2H2,1H3,(H,14,18)(H,15,16,17). The fraction of sp³-hybridized carbons (Fsp3) is 0.182. The van der Waals surface area contributed by atoms with Gasteiger partial charge in [-0.2, -0.15) is 0 Å². The van der Waals surface area contributed by atoms with Gasteiger partial charge in [-0.25, -0.2) is 9.37 Å². The van der Waals surface area contributed by atoms with Crippen LogP contribution in [0.4, 0.5) is 10.1 Å². The van der Waals surface area contributed by atoms with E-state index in [9.17, 15) is 9.18 Å². The lowest BCUT2D eigenvalue weighted by Crippen LogP contribution is -2.14. The van der Waals surface area contributed by atoms with Crippen LogP contribution in [0.15, 0.2) is 18.2 Å². The van der Waals surface area contributed by atoms with Crippen LogP contribution in [0, 0.1) is 5.82 Å². The van der Waals surface area contributed by atoms with Crippen LogP contribution in [0.1, 0.15) is 23.4 Å². The SMILES string of the molecule is CCc1nc(C(=O)Nc2cc(Cl)ccc2F)n[nH]1. The van der Waals surface area contributed by atoms with E-state index in [1.807, 2.05) is 6.92 Å². The molecule has 1 amide bonds.